The molecule has 0 N–H and O–H groups in total. The zero-order chi connectivity index (χ0) is 56.5. The lowest BCUT2D eigenvalue weighted by Gasteiger charge is -2.39. The van der Waals surface area contributed by atoms with Crippen LogP contribution in [0, 0.1) is 5.41 Å². The van der Waals surface area contributed by atoms with E-state index in [1.807, 2.05) is 111 Å². The van der Waals surface area contributed by atoms with Gasteiger partial charge >= 0.3 is 5.97 Å². The predicted octanol–water partition coefficient (Wildman–Crippen LogP) is 10.9. The van der Waals surface area contributed by atoms with Gasteiger partial charge in [-0.15, -0.1) is 0 Å². The van der Waals surface area contributed by atoms with Gasteiger partial charge in [-0.2, -0.15) is 0 Å². The van der Waals surface area contributed by atoms with Gasteiger partial charge in [0.05, 0.1) is 45.9 Å². The molecule has 1 aliphatic rings. The number of hydrogen-bond acceptors (Lipinski definition) is 17. The summed E-state index contributed by atoms with van der Waals surface area (Å²) in [6, 6.07) is 34.7. The van der Waals surface area contributed by atoms with Gasteiger partial charge in [0.2, 0.25) is 0 Å². The normalized spacial score (nSPS) is 17.1. The van der Waals surface area contributed by atoms with Crippen molar-refractivity contribution in [2.75, 3.05) is 53.5 Å². The second-order valence-corrected chi connectivity index (χ2v) is 22.6. The largest absolute Gasteiger partial charge is 0.497 e. The number of imidazole rings is 1. The van der Waals surface area contributed by atoms with E-state index in [0.717, 1.165) is 16.7 Å². The van der Waals surface area contributed by atoms with E-state index in [1.165, 1.54) is 24.2 Å². The number of carbonyl (C=O) groups is 3. The smallest absolute Gasteiger partial charge is 0.306 e. The van der Waals surface area contributed by atoms with E-state index in [-0.39, 0.29) is 68.2 Å². The molecule has 0 saturated carbocycles. The Hall–Kier alpha value is -6.08. The van der Waals surface area contributed by atoms with Crippen molar-refractivity contribution >= 4 is 48.3 Å². The molecule has 1 fully saturated rings. The van der Waals surface area contributed by atoms with E-state index in [0.29, 0.717) is 52.7 Å². The molecule has 5 unspecified atom stereocenters. The summed E-state index contributed by atoms with van der Waals surface area (Å²) in [4.78, 5) is 53.1. The second kappa shape index (κ2) is 28.9. The van der Waals surface area contributed by atoms with Crippen LogP contribution in [0.5, 0.6) is 17.2 Å². The lowest BCUT2D eigenvalue weighted by atomic mass is 9.80. The molecule has 422 valence electrons. The Morgan fingerprint density at radius 3 is 2.03 bits per heavy atom. The molecule has 6 aromatic rings. The van der Waals surface area contributed by atoms with Gasteiger partial charge in [0.25, 0.3) is 8.53 Å². The van der Waals surface area contributed by atoms with E-state index in [2.05, 4.69) is 48.9 Å². The van der Waals surface area contributed by atoms with Crippen molar-refractivity contribution in [1.82, 2.24) is 24.2 Å². The molecule has 0 amide bonds. The number of esters is 1. The first kappa shape index (κ1) is 60.6. The molecule has 0 spiro atoms. The van der Waals surface area contributed by atoms with Crippen molar-refractivity contribution in [3.63, 3.8) is 0 Å². The van der Waals surface area contributed by atoms with E-state index < -0.39 is 44.1 Å². The van der Waals surface area contributed by atoms with Crippen LogP contribution in [-0.4, -0.2) is 125 Å². The fraction of sp³-hybridized carbons (Fsp3) is 0.433. The number of ether oxygens (including phenoxy) is 7. The average Bonchev–Trinajstić information content (AvgIpc) is 4.28. The Morgan fingerprint density at radius 1 is 0.810 bits per heavy atom. The summed E-state index contributed by atoms with van der Waals surface area (Å²) in [7, 11) is 2.99. The minimum Gasteiger partial charge on any atom is -0.497 e. The molecule has 1 aliphatic heterocycles. The Bertz CT molecular complexity index is 2840. The lowest BCUT2D eigenvalue weighted by Crippen LogP contribution is -2.42. The van der Waals surface area contributed by atoms with Crippen molar-refractivity contribution in [3.8, 4) is 17.2 Å². The third-order valence-corrected chi connectivity index (χ3v) is 16.8. The molecule has 19 heteroatoms. The van der Waals surface area contributed by atoms with Gasteiger partial charge in [0.1, 0.15) is 66.2 Å². The molecule has 1 saturated heterocycles. The topological polar surface area (TPSA) is 181 Å². The zero-order valence-electron chi connectivity index (χ0n) is 46.7. The standard InChI is InChI=1S/C60H74N5O12PS/c1-11-33-72-52(67)23-18-32-59(6,7)58(68)79-35-34-75-78(65(41(2)3)42(4)5)77-54-51(38-74-60(43-19-14-12-15-20-43,44-24-28-47(69-8)29-25-44)45-26-30-48(70-9)31-27-45)76-57(55(54)71-10)64-40-63-53-50(61-39-62-56(53)64)36-46(66)37-73-49-21-16-13-17-22-49/h11-17,19-22,24-31,39-42,51,54-55,57H,1,18,23,32-38H2,2-10H3. The molecular weight excluding hydrogens is 1050 g/mol. The molecule has 5 atom stereocenters. The number of ketones is 1. The summed E-state index contributed by atoms with van der Waals surface area (Å²) >= 11 is 1.20. The molecule has 0 aliphatic carbocycles. The number of fused-ring (bicyclic) bond motifs is 1. The molecule has 2 aromatic heterocycles. The number of methoxy groups -OCH3 is 3. The van der Waals surface area contributed by atoms with Crippen LogP contribution in [0.25, 0.3) is 11.2 Å². The Labute approximate surface area is 469 Å². The van der Waals surface area contributed by atoms with Gasteiger partial charge in [-0.25, -0.2) is 19.6 Å². The van der Waals surface area contributed by atoms with E-state index >= 15 is 0 Å². The van der Waals surface area contributed by atoms with Gasteiger partial charge in [-0.05, 0) is 93.6 Å². The quantitative estimate of drug-likeness (QED) is 0.0132. The van der Waals surface area contributed by atoms with Crippen molar-refractivity contribution in [3.05, 3.63) is 157 Å². The minimum absolute atomic E-state index is 0.00546. The molecule has 4 aromatic carbocycles. The molecule has 0 bridgehead atoms. The number of aromatic nitrogens is 4. The monoisotopic (exact) mass is 1120 g/mol. The molecular formula is C60H74N5O12PS. The van der Waals surface area contributed by atoms with E-state index in [4.69, 9.17) is 47.2 Å². The second-order valence-electron chi connectivity index (χ2n) is 20.1. The summed E-state index contributed by atoms with van der Waals surface area (Å²) in [6.07, 6.45) is 2.39. The van der Waals surface area contributed by atoms with Crippen LogP contribution >= 0.6 is 20.3 Å². The molecule has 3 heterocycles. The summed E-state index contributed by atoms with van der Waals surface area (Å²) in [5, 5.41) is -0.00546. The summed E-state index contributed by atoms with van der Waals surface area (Å²) in [5.41, 5.74) is 1.87. The highest BCUT2D eigenvalue weighted by molar-refractivity contribution is 8.13. The minimum atomic E-state index is -1.88. The third-order valence-electron chi connectivity index (χ3n) is 13.5. The molecule has 7 rings (SSSR count). The number of nitrogens with zero attached hydrogens (tertiary/aromatic N) is 5. The fourth-order valence-corrected chi connectivity index (χ4v) is 12.3. The SMILES string of the molecule is C=CCOC(=O)CCCC(C)(C)C(=O)SCCOP(OC1C(COC(c2ccccc2)(c2ccc(OC)cc2)c2ccc(OC)cc2)OC(n2cnc3c(CC(=O)COc4ccccc4)ncnc32)C1OC)N(C(C)C)C(C)C. The number of rotatable bonds is 31. The molecule has 17 nitrogen and oxygen atoms in total. The fourth-order valence-electron chi connectivity index (χ4n) is 9.53. The highest BCUT2D eigenvalue weighted by Crippen LogP contribution is 2.52. The van der Waals surface area contributed by atoms with Gasteiger partial charge < -0.3 is 42.2 Å². The highest BCUT2D eigenvalue weighted by atomic mass is 32.2. The average molecular weight is 1120 g/mol. The Kier molecular flexibility index (Phi) is 22.1. The summed E-state index contributed by atoms with van der Waals surface area (Å²) < 4.78 is 61.4. The van der Waals surface area contributed by atoms with Crippen LogP contribution in [-0.2, 0) is 54.4 Å². The lowest BCUT2D eigenvalue weighted by molar-refractivity contribution is -0.142. The van der Waals surface area contributed by atoms with Crippen LogP contribution < -0.4 is 14.2 Å². The number of benzene rings is 4. The molecule has 79 heavy (non-hydrogen) atoms. The van der Waals surface area contributed by atoms with Crippen LogP contribution in [0.4, 0.5) is 0 Å². The Balaban J connectivity index is 1.23. The van der Waals surface area contributed by atoms with Crippen molar-refractivity contribution in [2.24, 2.45) is 5.41 Å². The number of Topliss-reactive ketones (excluding diaryl/α,β-unsaturated/α-hetero) is 1. The number of hydrogen-bond donors (Lipinski definition) is 0. The zero-order valence-corrected chi connectivity index (χ0v) is 48.4. The Morgan fingerprint density at radius 2 is 1.43 bits per heavy atom. The number of carbonyl (C=O) groups excluding carboxylic acids is 3. The number of thioether (sulfide) groups is 1. The highest BCUT2D eigenvalue weighted by Gasteiger charge is 2.51. The van der Waals surface area contributed by atoms with Crippen molar-refractivity contribution in [1.29, 1.82) is 0 Å². The van der Waals surface area contributed by atoms with Gasteiger partial charge in [-0.1, -0.05) is 111 Å². The third kappa shape index (κ3) is 15.2. The molecule has 0 radical (unpaired) electrons. The van der Waals surface area contributed by atoms with Crippen molar-refractivity contribution < 1.29 is 56.6 Å². The van der Waals surface area contributed by atoms with Gasteiger partial charge in [0.15, 0.2) is 22.8 Å². The summed E-state index contributed by atoms with van der Waals surface area (Å²) in [6.45, 7) is 15.9. The maximum atomic E-state index is 13.7. The van der Waals surface area contributed by atoms with Crippen LogP contribution in [0.15, 0.2) is 135 Å². The first-order valence-corrected chi connectivity index (χ1v) is 28.6. The summed E-state index contributed by atoms with van der Waals surface area (Å²) in [5.74, 6) is 1.80. The van der Waals surface area contributed by atoms with E-state index in [9.17, 15) is 14.4 Å². The maximum Gasteiger partial charge on any atom is 0.306 e. The number of para-hydroxylation sites is 1. The van der Waals surface area contributed by atoms with Crippen molar-refractivity contribution in [2.45, 2.75) is 109 Å². The first-order chi connectivity index (χ1) is 38.1. The van der Waals surface area contributed by atoms with Gasteiger partial charge in [0, 0.05) is 36.8 Å². The van der Waals surface area contributed by atoms with Crippen LogP contribution in [0.1, 0.15) is 89.4 Å². The van der Waals surface area contributed by atoms with Crippen LogP contribution in [0.3, 0.4) is 0 Å². The van der Waals surface area contributed by atoms with Gasteiger partial charge in [-0.3, -0.25) is 19.0 Å². The van der Waals surface area contributed by atoms with E-state index in [1.54, 1.807) is 44.4 Å². The maximum absolute atomic E-state index is 13.7. The van der Waals surface area contributed by atoms with Crippen LogP contribution in [0.2, 0.25) is 0 Å². The predicted molar refractivity (Wildman–Crippen MR) is 305 cm³/mol. The first-order valence-electron chi connectivity index (χ1n) is 26.5.